The van der Waals surface area contributed by atoms with Gasteiger partial charge in [-0.2, -0.15) is 0 Å². The van der Waals surface area contributed by atoms with E-state index in [1.54, 1.807) is 24.3 Å². The molecule has 2 N–H and O–H groups in total. The fourth-order valence-electron chi connectivity index (χ4n) is 2.86. The van der Waals surface area contributed by atoms with Crippen LogP contribution in [0.2, 0.25) is 0 Å². The van der Waals surface area contributed by atoms with Crippen LogP contribution in [0.4, 0.5) is 0 Å². The molecule has 0 spiro atoms. The number of piperazine rings is 1. The summed E-state index contributed by atoms with van der Waals surface area (Å²) in [6, 6.07) is 16.8. The molecule has 2 aromatic carbocycles. The Hall–Kier alpha value is -1.75. The van der Waals surface area contributed by atoms with E-state index in [0.717, 1.165) is 31.7 Å². The number of nitrogens with zero attached hydrogens (tertiary/aromatic N) is 1. The molecule has 2 unspecified atom stereocenters. The van der Waals surface area contributed by atoms with Crippen LogP contribution in [0.15, 0.2) is 54.6 Å². The quantitative estimate of drug-likeness (QED) is 0.826. The summed E-state index contributed by atoms with van der Waals surface area (Å²) in [7, 11) is 0. The second kappa shape index (κ2) is 7.68. The first-order chi connectivity index (χ1) is 11.2. The molecule has 122 valence electrons. The minimum atomic E-state index is -0.514. The number of phenolic OH excluding ortho intramolecular Hbond substituents is 1. The van der Waals surface area contributed by atoms with Gasteiger partial charge in [0.05, 0.1) is 6.04 Å². The number of aromatic hydroxyl groups is 1. The van der Waals surface area contributed by atoms with E-state index in [2.05, 4.69) is 22.3 Å². The maximum Gasteiger partial charge on any atom is 0.191 e. The highest BCUT2D eigenvalue weighted by atomic mass is 35.5. The maximum absolute atomic E-state index is 9.38. The van der Waals surface area contributed by atoms with Crippen LogP contribution in [0.1, 0.15) is 11.6 Å². The first-order valence-electron chi connectivity index (χ1n) is 7.83. The lowest BCUT2D eigenvalue weighted by Crippen LogP contribution is -2.48. The van der Waals surface area contributed by atoms with Crippen LogP contribution in [0.25, 0.3) is 0 Å². The van der Waals surface area contributed by atoms with E-state index in [4.69, 9.17) is 16.3 Å². The van der Waals surface area contributed by atoms with Gasteiger partial charge in [0, 0.05) is 26.2 Å². The Morgan fingerprint density at radius 1 is 1.00 bits per heavy atom. The van der Waals surface area contributed by atoms with Crippen LogP contribution >= 0.6 is 11.6 Å². The first kappa shape index (κ1) is 16.1. The fraction of sp³-hybridized carbons (Fsp3) is 0.333. The number of phenols is 1. The zero-order chi connectivity index (χ0) is 16.1. The molecule has 0 aliphatic carbocycles. The molecule has 1 aliphatic rings. The van der Waals surface area contributed by atoms with Crippen molar-refractivity contribution in [3.05, 3.63) is 60.2 Å². The fourth-order valence-corrected chi connectivity index (χ4v) is 3.27. The molecule has 23 heavy (non-hydrogen) atoms. The van der Waals surface area contributed by atoms with Crippen molar-refractivity contribution in [3.63, 3.8) is 0 Å². The minimum absolute atomic E-state index is 0.0197. The number of hydrogen-bond donors (Lipinski definition) is 2. The monoisotopic (exact) mass is 332 g/mol. The largest absolute Gasteiger partial charge is 0.508 e. The van der Waals surface area contributed by atoms with Crippen LogP contribution in [-0.4, -0.2) is 41.7 Å². The number of benzene rings is 2. The Balaban J connectivity index is 1.80. The van der Waals surface area contributed by atoms with Gasteiger partial charge in [-0.3, -0.25) is 4.90 Å². The van der Waals surface area contributed by atoms with Gasteiger partial charge in [-0.05, 0) is 29.8 Å². The van der Waals surface area contributed by atoms with Crippen molar-refractivity contribution in [2.45, 2.75) is 11.6 Å². The molecule has 1 fully saturated rings. The molecule has 0 aromatic heterocycles. The highest BCUT2D eigenvalue weighted by Crippen LogP contribution is 2.30. The second-order valence-electron chi connectivity index (χ2n) is 5.60. The lowest BCUT2D eigenvalue weighted by Gasteiger charge is -2.37. The maximum atomic E-state index is 9.38. The number of ether oxygens (including phenoxy) is 1. The number of nitrogens with one attached hydrogen (secondary N) is 1. The van der Waals surface area contributed by atoms with Gasteiger partial charge in [0.1, 0.15) is 11.5 Å². The van der Waals surface area contributed by atoms with Gasteiger partial charge in [-0.15, -0.1) is 0 Å². The summed E-state index contributed by atoms with van der Waals surface area (Å²) in [4.78, 5) is 2.35. The van der Waals surface area contributed by atoms with Crippen molar-refractivity contribution in [2.24, 2.45) is 0 Å². The number of alkyl halides is 1. The average molecular weight is 333 g/mol. The van der Waals surface area contributed by atoms with E-state index < -0.39 is 5.56 Å². The normalized spacial score (nSPS) is 18.3. The topological polar surface area (TPSA) is 44.7 Å². The van der Waals surface area contributed by atoms with E-state index in [1.165, 1.54) is 0 Å². The molecule has 3 rings (SSSR count). The van der Waals surface area contributed by atoms with E-state index >= 15 is 0 Å². The molecule has 4 nitrogen and oxygen atoms in total. The summed E-state index contributed by atoms with van der Waals surface area (Å²) < 4.78 is 5.93. The van der Waals surface area contributed by atoms with E-state index in [1.807, 2.05) is 18.2 Å². The van der Waals surface area contributed by atoms with Crippen LogP contribution in [0.5, 0.6) is 11.5 Å². The molecule has 2 aromatic rings. The lowest BCUT2D eigenvalue weighted by atomic mass is 10.0. The van der Waals surface area contributed by atoms with Gasteiger partial charge in [0.25, 0.3) is 0 Å². The molecule has 0 saturated carbocycles. The molecule has 0 bridgehead atoms. The van der Waals surface area contributed by atoms with Crippen LogP contribution < -0.4 is 10.1 Å². The Morgan fingerprint density at radius 2 is 1.65 bits per heavy atom. The summed E-state index contributed by atoms with van der Waals surface area (Å²) in [6.45, 7) is 3.77. The van der Waals surface area contributed by atoms with Crippen molar-refractivity contribution < 1.29 is 9.84 Å². The van der Waals surface area contributed by atoms with E-state index in [9.17, 15) is 5.11 Å². The smallest absolute Gasteiger partial charge is 0.191 e. The summed E-state index contributed by atoms with van der Waals surface area (Å²) in [5.41, 5.74) is 0.633. The number of halogens is 1. The molecular formula is C18H21ClN2O2. The predicted molar refractivity (Wildman–Crippen MR) is 92.0 cm³/mol. The second-order valence-corrected chi connectivity index (χ2v) is 6.03. The van der Waals surface area contributed by atoms with E-state index in [0.29, 0.717) is 5.75 Å². The van der Waals surface area contributed by atoms with Gasteiger partial charge < -0.3 is 15.2 Å². The van der Waals surface area contributed by atoms with Crippen molar-refractivity contribution >= 4 is 11.6 Å². The Bertz CT molecular complexity index is 600. The van der Waals surface area contributed by atoms with Gasteiger partial charge in [-0.25, -0.2) is 0 Å². The van der Waals surface area contributed by atoms with E-state index in [-0.39, 0.29) is 11.8 Å². The third-order valence-electron chi connectivity index (χ3n) is 4.02. The van der Waals surface area contributed by atoms with Crippen molar-refractivity contribution in [2.75, 3.05) is 26.2 Å². The number of rotatable bonds is 5. The SMILES string of the molecule is Oc1ccc(OC(Cl)C(c2ccccc2)N2CCNCC2)cc1. The Morgan fingerprint density at radius 3 is 2.30 bits per heavy atom. The third-order valence-corrected chi connectivity index (χ3v) is 4.35. The molecule has 1 aliphatic heterocycles. The molecule has 5 heteroatoms. The Kier molecular flexibility index (Phi) is 5.39. The molecule has 0 radical (unpaired) electrons. The van der Waals surface area contributed by atoms with Crippen LogP contribution in [0, 0.1) is 0 Å². The third kappa shape index (κ3) is 4.16. The number of hydrogen-bond acceptors (Lipinski definition) is 4. The van der Waals surface area contributed by atoms with Gasteiger partial charge >= 0.3 is 0 Å². The highest BCUT2D eigenvalue weighted by Gasteiger charge is 2.30. The summed E-state index contributed by atoms with van der Waals surface area (Å²) in [5.74, 6) is 0.865. The van der Waals surface area contributed by atoms with Crippen LogP contribution in [0.3, 0.4) is 0 Å². The molecule has 0 amide bonds. The van der Waals surface area contributed by atoms with Gasteiger partial charge in [0.15, 0.2) is 5.56 Å². The molecule has 1 heterocycles. The predicted octanol–water partition coefficient (Wildman–Crippen LogP) is 2.98. The Labute approximate surface area is 141 Å². The van der Waals surface area contributed by atoms with Crippen molar-refractivity contribution in [3.8, 4) is 11.5 Å². The zero-order valence-corrected chi connectivity index (χ0v) is 13.6. The highest BCUT2D eigenvalue weighted by molar-refractivity contribution is 6.20. The molecule has 1 saturated heterocycles. The molecule has 2 atom stereocenters. The van der Waals surface area contributed by atoms with Crippen LogP contribution in [-0.2, 0) is 0 Å². The summed E-state index contributed by atoms with van der Waals surface area (Å²) in [6.07, 6.45) is 0. The zero-order valence-electron chi connectivity index (χ0n) is 12.9. The average Bonchev–Trinajstić information content (AvgIpc) is 2.59. The van der Waals surface area contributed by atoms with Gasteiger partial charge in [-0.1, -0.05) is 41.9 Å². The lowest BCUT2D eigenvalue weighted by molar-refractivity contribution is 0.0999. The van der Waals surface area contributed by atoms with Crippen molar-refractivity contribution in [1.29, 1.82) is 0 Å². The standard InChI is InChI=1S/C18H21ClN2O2/c19-18(23-16-8-6-15(22)7-9-16)17(14-4-2-1-3-5-14)21-12-10-20-11-13-21/h1-9,17-18,20,22H,10-13H2. The van der Waals surface area contributed by atoms with Gasteiger partial charge in [0.2, 0.25) is 0 Å². The minimum Gasteiger partial charge on any atom is -0.508 e. The molecular weight excluding hydrogens is 312 g/mol. The van der Waals surface area contributed by atoms with Crippen molar-refractivity contribution in [1.82, 2.24) is 10.2 Å². The summed E-state index contributed by atoms with van der Waals surface area (Å²) >= 11 is 6.64. The first-order valence-corrected chi connectivity index (χ1v) is 8.27. The summed E-state index contributed by atoms with van der Waals surface area (Å²) in [5, 5.41) is 12.7.